The van der Waals surface area contributed by atoms with Gasteiger partial charge in [-0.1, -0.05) is 42.5 Å². The van der Waals surface area contributed by atoms with Crippen LogP contribution < -0.4 is 0 Å². The minimum Gasteiger partial charge on any atom is -0.373 e. The Labute approximate surface area is 146 Å². The van der Waals surface area contributed by atoms with E-state index >= 15 is 0 Å². The number of aromatic amines is 1. The number of benzene rings is 2. The van der Waals surface area contributed by atoms with Crippen LogP contribution in [0.4, 0.5) is 0 Å². The van der Waals surface area contributed by atoms with Crippen LogP contribution in [0.2, 0.25) is 0 Å². The number of nitrogens with zero attached hydrogens (tertiary/aromatic N) is 2. The minimum atomic E-state index is 0.948. The second-order valence-electron chi connectivity index (χ2n) is 6.59. The van der Waals surface area contributed by atoms with E-state index in [-0.39, 0.29) is 0 Å². The number of fused-ring (bicyclic) bond motifs is 4. The van der Waals surface area contributed by atoms with Crippen molar-refractivity contribution in [3.63, 3.8) is 0 Å². The van der Waals surface area contributed by atoms with Crippen LogP contribution in [0, 0.1) is 0 Å². The summed E-state index contributed by atoms with van der Waals surface area (Å²) < 4.78 is 0. The number of hydrogen-bond donors (Lipinski definition) is 1. The molecule has 4 aromatic rings. The van der Waals surface area contributed by atoms with E-state index in [2.05, 4.69) is 76.8 Å². The highest BCUT2D eigenvalue weighted by Crippen LogP contribution is 2.28. The molecule has 1 aliphatic heterocycles. The molecule has 1 N–H and O–H groups in total. The maximum atomic E-state index is 4.79. The molecule has 3 heterocycles. The molecule has 0 atom stereocenters. The first kappa shape index (κ1) is 14.3. The van der Waals surface area contributed by atoms with Crippen molar-refractivity contribution in [1.82, 2.24) is 14.9 Å². The second-order valence-corrected chi connectivity index (χ2v) is 6.59. The number of rotatable bonds is 3. The zero-order valence-corrected chi connectivity index (χ0v) is 13.9. The summed E-state index contributed by atoms with van der Waals surface area (Å²) in [5.41, 5.74) is 6.07. The summed E-state index contributed by atoms with van der Waals surface area (Å²) in [4.78, 5) is 10.7. The largest absolute Gasteiger partial charge is 0.373 e. The lowest BCUT2D eigenvalue weighted by molar-refractivity contribution is 0.371. The summed E-state index contributed by atoms with van der Waals surface area (Å²) in [6.45, 7) is 1.92. The van der Waals surface area contributed by atoms with Gasteiger partial charge < -0.3 is 9.88 Å². The molecule has 122 valence electrons. The minimum absolute atomic E-state index is 0.948. The van der Waals surface area contributed by atoms with E-state index in [9.17, 15) is 0 Å². The summed E-state index contributed by atoms with van der Waals surface area (Å²) in [6, 6.07) is 21.1. The molecule has 1 aliphatic rings. The topological polar surface area (TPSA) is 31.9 Å². The number of para-hydroxylation sites is 2. The van der Waals surface area contributed by atoms with E-state index in [4.69, 9.17) is 4.98 Å². The number of nitrogens with one attached hydrogen (secondary N) is 1. The third-order valence-corrected chi connectivity index (χ3v) is 4.97. The first-order valence-electron chi connectivity index (χ1n) is 8.73. The highest BCUT2D eigenvalue weighted by molar-refractivity contribution is 5.87. The Hall–Kier alpha value is -3.07. The lowest BCUT2D eigenvalue weighted by Gasteiger charge is -2.23. The Kier molecular flexibility index (Phi) is 3.30. The molecular formula is C22H19N3. The molecule has 3 heteroatoms. The van der Waals surface area contributed by atoms with Crippen molar-refractivity contribution < 1.29 is 0 Å². The molecule has 3 nitrogen and oxygen atoms in total. The fourth-order valence-electron chi connectivity index (χ4n) is 3.63. The van der Waals surface area contributed by atoms with E-state index in [1.165, 1.54) is 27.5 Å². The molecule has 2 aromatic carbocycles. The van der Waals surface area contributed by atoms with Crippen LogP contribution in [0.25, 0.3) is 27.9 Å². The van der Waals surface area contributed by atoms with Crippen LogP contribution in [-0.4, -0.2) is 21.4 Å². The van der Waals surface area contributed by atoms with Gasteiger partial charge in [0.05, 0.1) is 5.52 Å². The lowest BCUT2D eigenvalue weighted by Crippen LogP contribution is -2.22. The Morgan fingerprint density at radius 2 is 1.84 bits per heavy atom. The fourth-order valence-corrected chi connectivity index (χ4v) is 3.63. The molecule has 0 radical (unpaired) electrons. The SMILES string of the molecule is C1=CN(CCc2ccc3ccccc3n2)Cc2c1[nH]c1ccccc21. The van der Waals surface area contributed by atoms with Crippen LogP contribution in [0.15, 0.2) is 66.9 Å². The normalized spacial score (nSPS) is 13.5. The van der Waals surface area contributed by atoms with E-state index in [0.29, 0.717) is 0 Å². The van der Waals surface area contributed by atoms with E-state index < -0.39 is 0 Å². The predicted octanol–water partition coefficient (Wildman–Crippen LogP) is 4.75. The van der Waals surface area contributed by atoms with Gasteiger partial charge >= 0.3 is 0 Å². The summed E-state index contributed by atoms with van der Waals surface area (Å²) in [6.07, 6.45) is 5.33. The maximum Gasteiger partial charge on any atom is 0.0705 e. The maximum absolute atomic E-state index is 4.79. The summed E-state index contributed by atoms with van der Waals surface area (Å²) in [5, 5.41) is 2.53. The van der Waals surface area contributed by atoms with Crippen LogP contribution in [0.1, 0.15) is 17.0 Å². The number of pyridine rings is 1. The van der Waals surface area contributed by atoms with Crippen LogP contribution in [-0.2, 0) is 13.0 Å². The zero-order valence-electron chi connectivity index (χ0n) is 13.9. The Balaban J connectivity index is 1.35. The van der Waals surface area contributed by atoms with Gasteiger partial charge in [-0.05, 0) is 24.3 Å². The second kappa shape index (κ2) is 5.78. The molecule has 0 spiro atoms. The van der Waals surface area contributed by atoms with Crippen LogP contribution in [0.5, 0.6) is 0 Å². The molecule has 2 aromatic heterocycles. The quantitative estimate of drug-likeness (QED) is 0.590. The lowest BCUT2D eigenvalue weighted by atomic mass is 10.1. The Bertz CT molecular complexity index is 1090. The first-order valence-corrected chi connectivity index (χ1v) is 8.73. The van der Waals surface area contributed by atoms with Crippen LogP contribution in [0.3, 0.4) is 0 Å². The van der Waals surface area contributed by atoms with Gasteiger partial charge in [0.25, 0.3) is 0 Å². The summed E-state index contributed by atoms with van der Waals surface area (Å²) in [5.74, 6) is 0. The predicted molar refractivity (Wildman–Crippen MR) is 103 cm³/mol. The van der Waals surface area contributed by atoms with Gasteiger partial charge in [0.2, 0.25) is 0 Å². The van der Waals surface area contributed by atoms with Crippen molar-refractivity contribution >= 4 is 27.9 Å². The van der Waals surface area contributed by atoms with Gasteiger partial charge in [-0.2, -0.15) is 0 Å². The average Bonchev–Trinajstić information content (AvgIpc) is 3.04. The molecule has 0 fully saturated rings. The zero-order chi connectivity index (χ0) is 16.6. The third kappa shape index (κ3) is 2.58. The highest BCUT2D eigenvalue weighted by Gasteiger charge is 2.15. The summed E-state index contributed by atoms with van der Waals surface area (Å²) >= 11 is 0. The summed E-state index contributed by atoms with van der Waals surface area (Å²) in [7, 11) is 0. The van der Waals surface area contributed by atoms with Gasteiger partial charge in [0, 0.05) is 59.0 Å². The van der Waals surface area contributed by atoms with Crippen molar-refractivity contribution in [2.24, 2.45) is 0 Å². The van der Waals surface area contributed by atoms with Crippen molar-refractivity contribution in [1.29, 1.82) is 0 Å². The van der Waals surface area contributed by atoms with Crippen molar-refractivity contribution in [3.05, 3.63) is 83.8 Å². The van der Waals surface area contributed by atoms with E-state index in [1.807, 2.05) is 6.07 Å². The number of aromatic nitrogens is 2. The third-order valence-electron chi connectivity index (χ3n) is 4.97. The van der Waals surface area contributed by atoms with Crippen molar-refractivity contribution in [2.45, 2.75) is 13.0 Å². The smallest absolute Gasteiger partial charge is 0.0705 e. The van der Waals surface area contributed by atoms with Crippen molar-refractivity contribution in [2.75, 3.05) is 6.54 Å². The molecule has 0 unspecified atom stereocenters. The van der Waals surface area contributed by atoms with Gasteiger partial charge in [0.1, 0.15) is 0 Å². The van der Waals surface area contributed by atoms with Crippen molar-refractivity contribution in [3.8, 4) is 0 Å². The van der Waals surface area contributed by atoms with Gasteiger partial charge in [-0.25, -0.2) is 0 Å². The molecular weight excluding hydrogens is 306 g/mol. The Morgan fingerprint density at radius 3 is 2.84 bits per heavy atom. The van der Waals surface area contributed by atoms with Gasteiger partial charge in [-0.3, -0.25) is 4.98 Å². The van der Waals surface area contributed by atoms with E-state index in [0.717, 1.165) is 30.7 Å². The molecule has 5 rings (SSSR count). The highest BCUT2D eigenvalue weighted by atomic mass is 15.1. The molecule has 0 aliphatic carbocycles. The molecule has 25 heavy (non-hydrogen) atoms. The first-order chi connectivity index (χ1) is 12.4. The monoisotopic (exact) mass is 325 g/mol. The fraction of sp³-hybridized carbons (Fsp3) is 0.136. The Morgan fingerprint density at radius 1 is 0.960 bits per heavy atom. The standard InChI is InChI=1S/C22H19N3/c1-3-7-20-16(5-1)9-10-17(23-20)11-13-25-14-12-22-19(15-25)18-6-2-4-8-21(18)24-22/h1-10,12,14,24H,11,13,15H2. The van der Waals surface area contributed by atoms with Gasteiger partial charge in [0.15, 0.2) is 0 Å². The van der Waals surface area contributed by atoms with E-state index in [1.54, 1.807) is 0 Å². The molecule has 0 saturated heterocycles. The van der Waals surface area contributed by atoms with Crippen LogP contribution >= 0.6 is 0 Å². The molecule has 0 saturated carbocycles. The van der Waals surface area contributed by atoms with Gasteiger partial charge in [-0.15, -0.1) is 0 Å². The number of hydrogen-bond acceptors (Lipinski definition) is 2. The molecule has 0 amide bonds. The average molecular weight is 325 g/mol. The number of H-pyrrole nitrogens is 1. The molecule has 0 bridgehead atoms.